The predicted octanol–water partition coefficient (Wildman–Crippen LogP) is 4.83. The van der Waals surface area contributed by atoms with E-state index in [1.54, 1.807) is 0 Å². The van der Waals surface area contributed by atoms with Crippen molar-refractivity contribution in [1.29, 1.82) is 0 Å². The van der Waals surface area contributed by atoms with Crippen molar-refractivity contribution in [3.05, 3.63) is 60.2 Å². The van der Waals surface area contributed by atoms with Crippen LogP contribution in [-0.2, 0) is 0 Å². The second kappa shape index (κ2) is 8.26. The fourth-order valence-corrected chi connectivity index (χ4v) is 4.84. The summed E-state index contributed by atoms with van der Waals surface area (Å²) >= 11 is 0. The fourth-order valence-electron chi connectivity index (χ4n) is 4.84. The first-order valence-corrected chi connectivity index (χ1v) is 10.4. The van der Waals surface area contributed by atoms with E-state index >= 15 is 0 Å². The second-order valence-electron chi connectivity index (χ2n) is 8.02. The Hall–Kier alpha value is -2.13. The molecule has 3 nitrogen and oxygen atoms in total. The highest BCUT2D eigenvalue weighted by molar-refractivity contribution is 5.94. The molecule has 1 saturated carbocycles. The molecule has 142 valence electrons. The Kier molecular flexibility index (Phi) is 5.58. The highest BCUT2D eigenvalue weighted by Gasteiger charge is 2.36. The SMILES string of the molecule is CN(C(=O)c1ccc(-c2ccccc2)cc1)[C@@H]1CCC[C@H]1N1CCCCC1. The Morgan fingerprint density at radius 1 is 0.852 bits per heavy atom. The largest absolute Gasteiger partial charge is 0.337 e. The first-order valence-electron chi connectivity index (χ1n) is 10.4. The monoisotopic (exact) mass is 362 g/mol. The highest BCUT2D eigenvalue weighted by atomic mass is 16.2. The van der Waals surface area contributed by atoms with Crippen LogP contribution in [0.3, 0.4) is 0 Å². The number of carbonyl (C=O) groups is 1. The molecule has 0 spiro atoms. The molecule has 0 radical (unpaired) electrons. The van der Waals surface area contributed by atoms with Gasteiger partial charge in [-0.2, -0.15) is 0 Å². The Balaban J connectivity index is 1.46. The van der Waals surface area contributed by atoms with Crippen LogP contribution in [0.5, 0.6) is 0 Å². The van der Waals surface area contributed by atoms with Gasteiger partial charge in [-0.15, -0.1) is 0 Å². The minimum absolute atomic E-state index is 0.156. The molecule has 0 N–H and O–H groups in total. The van der Waals surface area contributed by atoms with Crippen LogP contribution in [0.2, 0.25) is 0 Å². The van der Waals surface area contributed by atoms with Crippen molar-refractivity contribution in [2.75, 3.05) is 20.1 Å². The van der Waals surface area contributed by atoms with E-state index in [1.165, 1.54) is 50.8 Å². The lowest BCUT2D eigenvalue weighted by Crippen LogP contribution is -2.50. The molecule has 1 aliphatic carbocycles. The van der Waals surface area contributed by atoms with Crippen LogP contribution < -0.4 is 0 Å². The Bertz CT molecular complexity index is 750. The minimum atomic E-state index is 0.156. The zero-order valence-corrected chi connectivity index (χ0v) is 16.3. The number of likely N-dealkylation sites (tertiary alicyclic amines) is 1. The lowest BCUT2D eigenvalue weighted by Gasteiger charge is -2.39. The van der Waals surface area contributed by atoms with Crippen molar-refractivity contribution in [3.8, 4) is 11.1 Å². The number of rotatable bonds is 4. The molecule has 1 aliphatic heterocycles. The standard InChI is InChI=1S/C24H30N2O/c1-25(22-11-8-12-23(22)26-17-6-3-7-18-26)24(27)21-15-13-20(14-16-21)19-9-4-2-5-10-19/h2,4-5,9-10,13-16,22-23H,3,6-8,11-12,17-18H2,1H3/t22-,23-/m1/s1. The molecule has 4 rings (SSSR count). The summed E-state index contributed by atoms with van der Waals surface area (Å²) in [6.07, 6.45) is 7.57. The maximum absolute atomic E-state index is 13.1. The summed E-state index contributed by atoms with van der Waals surface area (Å²) in [6.45, 7) is 2.41. The summed E-state index contributed by atoms with van der Waals surface area (Å²) < 4.78 is 0. The van der Waals surface area contributed by atoms with Gasteiger partial charge in [-0.25, -0.2) is 0 Å². The van der Waals surface area contributed by atoms with Crippen LogP contribution in [0.1, 0.15) is 48.9 Å². The summed E-state index contributed by atoms with van der Waals surface area (Å²) in [5, 5.41) is 0. The fraction of sp³-hybridized carbons (Fsp3) is 0.458. The molecule has 2 aromatic carbocycles. The number of benzene rings is 2. The minimum Gasteiger partial charge on any atom is -0.337 e. The number of carbonyl (C=O) groups excluding carboxylic acids is 1. The number of nitrogens with zero attached hydrogens (tertiary/aromatic N) is 2. The zero-order valence-electron chi connectivity index (χ0n) is 16.3. The van der Waals surface area contributed by atoms with Gasteiger partial charge >= 0.3 is 0 Å². The van der Waals surface area contributed by atoms with Crippen molar-refractivity contribution in [3.63, 3.8) is 0 Å². The molecule has 2 fully saturated rings. The van der Waals surface area contributed by atoms with E-state index in [0.717, 1.165) is 17.5 Å². The molecular formula is C24H30N2O. The molecular weight excluding hydrogens is 332 g/mol. The normalized spacial score (nSPS) is 23.3. The third-order valence-corrected chi connectivity index (χ3v) is 6.36. The summed E-state index contributed by atoms with van der Waals surface area (Å²) in [5.74, 6) is 0.156. The van der Waals surface area contributed by atoms with Gasteiger partial charge in [-0.1, -0.05) is 48.9 Å². The number of hydrogen-bond acceptors (Lipinski definition) is 2. The van der Waals surface area contributed by atoms with Crippen LogP contribution >= 0.6 is 0 Å². The van der Waals surface area contributed by atoms with Gasteiger partial charge in [0, 0.05) is 24.7 Å². The zero-order chi connectivity index (χ0) is 18.6. The molecule has 3 heteroatoms. The smallest absolute Gasteiger partial charge is 0.253 e. The lowest BCUT2D eigenvalue weighted by atomic mass is 10.0. The van der Waals surface area contributed by atoms with Gasteiger partial charge in [0.1, 0.15) is 0 Å². The van der Waals surface area contributed by atoms with Crippen LogP contribution in [0, 0.1) is 0 Å². The lowest BCUT2D eigenvalue weighted by molar-refractivity contribution is 0.0588. The maximum Gasteiger partial charge on any atom is 0.253 e. The van der Waals surface area contributed by atoms with Crippen LogP contribution in [0.25, 0.3) is 11.1 Å². The summed E-state index contributed by atoms with van der Waals surface area (Å²) in [6, 6.07) is 19.3. The average Bonchev–Trinajstić information content (AvgIpc) is 3.24. The second-order valence-corrected chi connectivity index (χ2v) is 8.02. The average molecular weight is 363 g/mol. The first kappa shape index (κ1) is 18.2. The van der Waals surface area contributed by atoms with Crippen LogP contribution in [-0.4, -0.2) is 47.9 Å². The Morgan fingerprint density at radius 2 is 1.52 bits per heavy atom. The van der Waals surface area contributed by atoms with Gasteiger partial charge in [0.25, 0.3) is 5.91 Å². The van der Waals surface area contributed by atoms with E-state index in [9.17, 15) is 4.79 Å². The molecule has 0 aromatic heterocycles. The summed E-state index contributed by atoms with van der Waals surface area (Å²) in [7, 11) is 2.00. The van der Waals surface area contributed by atoms with Crippen molar-refractivity contribution in [1.82, 2.24) is 9.80 Å². The quantitative estimate of drug-likeness (QED) is 0.777. The molecule has 2 aromatic rings. The summed E-state index contributed by atoms with van der Waals surface area (Å²) in [5.41, 5.74) is 3.13. The Labute approximate surface area is 163 Å². The number of hydrogen-bond donors (Lipinski definition) is 0. The van der Waals surface area contributed by atoms with Gasteiger partial charge in [-0.05, 0) is 68.5 Å². The van der Waals surface area contributed by atoms with Gasteiger partial charge in [0.2, 0.25) is 0 Å². The van der Waals surface area contributed by atoms with E-state index in [0.29, 0.717) is 12.1 Å². The molecule has 27 heavy (non-hydrogen) atoms. The molecule has 1 amide bonds. The van der Waals surface area contributed by atoms with E-state index in [-0.39, 0.29) is 5.91 Å². The third-order valence-electron chi connectivity index (χ3n) is 6.36. The van der Waals surface area contributed by atoms with E-state index in [2.05, 4.69) is 29.2 Å². The van der Waals surface area contributed by atoms with E-state index in [4.69, 9.17) is 0 Å². The topological polar surface area (TPSA) is 23.6 Å². The third kappa shape index (κ3) is 3.93. The van der Waals surface area contributed by atoms with Crippen molar-refractivity contribution < 1.29 is 4.79 Å². The molecule has 2 aliphatic rings. The van der Waals surface area contributed by atoms with E-state index in [1.807, 2.05) is 42.3 Å². The first-order chi connectivity index (χ1) is 13.2. The van der Waals surface area contributed by atoms with Crippen molar-refractivity contribution in [2.45, 2.75) is 50.6 Å². The molecule has 0 unspecified atom stereocenters. The number of likely N-dealkylation sites (N-methyl/N-ethyl adjacent to an activating group) is 1. The van der Waals surface area contributed by atoms with Gasteiger partial charge in [0.15, 0.2) is 0 Å². The van der Waals surface area contributed by atoms with Crippen LogP contribution in [0.4, 0.5) is 0 Å². The van der Waals surface area contributed by atoms with Crippen molar-refractivity contribution in [2.24, 2.45) is 0 Å². The summed E-state index contributed by atoms with van der Waals surface area (Å²) in [4.78, 5) is 17.8. The highest BCUT2D eigenvalue weighted by Crippen LogP contribution is 2.31. The van der Waals surface area contributed by atoms with Gasteiger partial charge in [0.05, 0.1) is 0 Å². The number of amides is 1. The molecule has 1 saturated heterocycles. The van der Waals surface area contributed by atoms with Gasteiger partial charge in [-0.3, -0.25) is 9.69 Å². The Morgan fingerprint density at radius 3 is 2.22 bits per heavy atom. The molecule has 0 bridgehead atoms. The molecule has 2 atom stereocenters. The van der Waals surface area contributed by atoms with Gasteiger partial charge < -0.3 is 4.90 Å². The maximum atomic E-state index is 13.1. The van der Waals surface area contributed by atoms with Crippen molar-refractivity contribution >= 4 is 5.91 Å². The molecule has 1 heterocycles. The van der Waals surface area contributed by atoms with Crippen LogP contribution in [0.15, 0.2) is 54.6 Å². The predicted molar refractivity (Wildman–Crippen MR) is 111 cm³/mol. The number of piperidine rings is 1. The van der Waals surface area contributed by atoms with E-state index < -0.39 is 0 Å².